The van der Waals surface area contributed by atoms with Crippen LogP contribution in [0.5, 0.6) is 0 Å². The number of thiophene rings is 1. The molecule has 19 heavy (non-hydrogen) atoms. The number of hydrogen-bond donors (Lipinski definition) is 1. The number of nitrogens with one attached hydrogen (secondary N) is 1. The summed E-state index contributed by atoms with van der Waals surface area (Å²) in [6, 6.07) is 3.36. The number of pyridine rings is 1. The highest BCUT2D eigenvalue weighted by atomic mass is 32.1. The second-order valence-corrected chi connectivity index (χ2v) is 5.51. The highest BCUT2D eigenvalue weighted by Gasteiger charge is 2.64. The van der Waals surface area contributed by atoms with Gasteiger partial charge in [-0.1, -0.05) is 0 Å². The first-order valence-corrected chi connectivity index (χ1v) is 6.52. The molecular formula is C12H9F3N2OS. The van der Waals surface area contributed by atoms with E-state index in [1.807, 2.05) is 5.38 Å². The van der Waals surface area contributed by atoms with Crippen molar-refractivity contribution in [2.45, 2.75) is 24.6 Å². The van der Waals surface area contributed by atoms with Gasteiger partial charge < -0.3 is 5.32 Å². The largest absolute Gasteiger partial charge is 0.411 e. The summed E-state index contributed by atoms with van der Waals surface area (Å²) in [5.74, 6) is -0.724. The Kier molecular flexibility index (Phi) is 2.57. The Morgan fingerprint density at radius 3 is 2.79 bits per heavy atom. The molecule has 1 aliphatic rings. The minimum atomic E-state index is -4.40. The number of rotatable bonds is 2. The number of carbonyl (C=O) groups excluding carboxylic acids is 1. The number of aromatic nitrogens is 1. The van der Waals surface area contributed by atoms with Gasteiger partial charge in [-0.3, -0.25) is 9.78 Å². The van der Waals surface area contributed by atoms with E-state index in [0.717, 1.165) is 10.2 Å². The molecule has 2 aromatic heterocycles. The third-order valence-corrected chi connectivity index (χ3v) is 4.06. The van der Waals surface area contributed by atoms with Crippen molar-refractivity contribution in [2.24, 2.45) is 0 Å². The van der Waals surface area contributed by atoms with Crippen molar-refractivity contribution >= 4 is 27.5 Å². The maximum atomic E-state index is 12.7. The fourth-order valence-corrected chi connectivity index (χ4v) is 2.64. The maximum absolute atomic E-state index is 12.7. The molecule has 0 unspecified atom stereocenters. The van der Waals surface area contributed by atoms with Crippen LogP contribution in [0.25, 0.3) is 10.2 Å². The number of carbonyl (C=O) groups is 1. The summed E-state index contributed by atoms with van der Waals surface area (Å²) in [5, 5.41) is 3.90. The van der Waals surface area contributed by atoms with Crippen LogP contribution in [0.2, 0.25) is 0 Å². The predicted octanol–water partition coefficient (Wildman–Crippen LogP) is 3.12. The minimum Gasteiger partial charge on any atom is -0.338 e. The van der Waals surface area contributed by atoms with E-state index < -0.39 is 17.6 Å². The second-order valence-electron chi connectivity index (χ2n) is 4.56. The Bertz CT molecular complexity index is 646. The quantitative estimate of drug-likeness (QED) is 0.921. The van der Waals surface area contributed by atoms with Crippen LogP contribution in [0.3, 0.4) is 0 Å². The van der Waals surface area contributed by atoms with E-state index in [9.17, 15) is 18.0 Å². The molecule has 1 amide bonds. The van der Waals surface area contributed by atoms with E-state index in [0.29, 0.717) is 0 Å². The first-order chi connectivity index (χ1) is 8.91. The van der Waals surface area contributed by atoms with Crippen molar-refractivity contribution in [3.8, 4) is 0 Å². The Hall–Kier alpha value is -1.63. The highest BCUT2D eigenvalue weighted by molar-refractivity contribution is 7.17. The topological polar surface area (TPSA) is 42.0 Å². The van der Waals surface area contributed by atoms with Crippen LogP contribution in [0.15, 0.2) is 23.7 Å². The summed E-state index contributed by atoms with van der Waals surface area (Å²) in [6.07, 6.45) is -3.21. The van der Waals surface area contributed by atoms with E-state index in [4.69, 9.17) is 0 Å². The summed E-state index contributed by atoms with van der Waals surface area (Å²) < 4.78 is 39.0. The summed E-state index contributed by atoms with van der Waals surface area (Å²) in [7, 11) is 0. The number of hydrogen-bond acceptors (Lipinski definition) is 3. The van der Waals surface area contributed by atoms with Gasteiger partial charge in [-0.15, -0.1) is 11.3 Å². The van der Waals surface area contributed by atoms with Gasteiger partial charge in [0.1, 0.15) is 5.54 Å². The third-order valence-electron chi connectivity index (χ3n) is 3.21. The number of halogens is 3. The molecule has 100 valence electrons. The van der Waals surface area contributed by atoms with E-state index >= 15 is 0 Å². The van der Waals surface area contributed by atoms with Gasteiger partial charge >= 0.3 is 6.18 Å². The molecule has 0 aliphatic heterocycles. The van der Waals surface area contributed by atoms with Crippen molar-refractivity contribution in [3.63, 3.8) is 0 Å². The van der Waals surface area contributed by atoms with Crippen LogP contribution in [0.4, 0.5) is 13.2 Å². The first-order valence-electron chi connectivity index (χ1n) is 5.64. The minimum absolute atomic E-state index is 0.0586. The lowest BCUT2D eigenvalue weighted by Crippen LogP contribution is -2.47. The van der Waals surface area contributed by atoms with E-state index in [1.165, 1.54) is 17.5 Å². The molecule has 1 fully saturated rings. The van der Waals surface area contributed by atoms with Crippen molar-refractivity contribution in [1.29, 1.82) is 0 Å². The number of alkyl halides is 3. The van der Waals surface area contributed by atoms with Gasteiger partial charge in [0.25, 0.3) is 5.91 Å². The molecule has 0 atom stereocenters. The SMILES string of the molecule is O=C(NC1(C(F)(F)F)CC1)c1cnc2ccsc2c1. The average molecular weight is 286 g/mol. The predicted molar refractivity (Wildman–Crippen MR) is 65.1 cm³/mol. The molecule has 0 spiro atoms. The van der Waals surface area contributed by atoms with Crippen molar-refractivity contribution in [2.75, 3.05) is 0 Å². The molecule has 2 aromatic rings. The van der Waals surface area contributed by atoms with Crippen LogP contribution in [-0.4, -0.2) is 22.6 Å². The molecule has 1 aliphatic carbocycles. The molecular weight excluding hydrogens is 277 g/mol. The smallest absolute Gasteiger partial charge is 0.338 e. The molecule has 7 heteroatoms. The lowest BCUT2D eigenvalue weighted by atomic mass is 10.2. The molecule has 0 radical (unpaired) electrons. The molecule has 2 heterocycles. The Labute approximate surface area is 110 Å². The monoisotopic (exact) mass is 286 g/mol. The van der Waals surface area contributed by atoms with E-state index in [1.54, 1.807) is 12.1 Å². The molecule has 1 N–H and O–H groups in total. The maximum Gasteiger partial charge on any atom is 0.411 e. The Balaban J connectivity index is 1.84. The molecule has 3 nitrogen and oxygen atoms in total. The lowest BCUT2D eigenvalue weighted by Gasteiger charge is -2.20. The van der Waals surface area contributed by atoms with E-state index in [-0.39, 0.29) is 18.4 Å². The molecule has 3 rings (SSSR count). The standard InChI is InChI=1S/C12H9F3N2OS/c13-12(14,15)11(2-3-11)17-10(18)7-5-9-8(16-6-7)1-4-19-9/h1,4-6H,2-3H2,(H,17,18). The second kappa shape index (κ2) is 3.93. The van der Waals surface area contributed by atoms with Gasteiger partial charge in [0.2, 0.25) is 0 Å². The fraction of sp³-hybridized carbons (Fsp3) is 0.333. The number of amides is 1. The molecule has 0 aromatic carbocycles. The first kappa shape index (κ1) is 12.4. The van der Waals surface area contributed by atoms with Crippen molar-refractivity contribution in [1.82, 2.24) is 10.3 Å². The van der Waals surface area contributed by atoms with E-state index in [2.05, 4.69) is 10.3 Å². The van der Waals surface area contributed by atoms with Gasteiger partial charge in [-0.05, 0) is 30.4 Å². The Morgan fingerprint density at radius 1 is 1.42 bits per heavy atom. The van der Waals surface area contributed by atoms with Crippen LogP contribution in [-0.2, 0) is 0 Å². The van der Waals surface area contributed by atoms with Crippen LogP contribution in [0.1, 0.15) is 23.2 Å². The normalized spacial score (nSPS) is 17.4. The van der Waals surface area contributed by atoms with Crippen LogP contribution >= 0.6 is 11.3 Å². The van der Waals surface area contributed by atoms with Crippen molar-refractivity contribution in [3.05, 3.63) is 29.3 Å². The molecule has 1 saturated carbocycles. The highest BCUT2D eigenvalue weighted by Crippen LogP contribution is 2.49. The molecule has 0 bridgehead atoms. The van der Waals surface area contributed by atoms with Crippen LogP contribution < -0.4 is 5.32 Å². The third kappa shape index (κ3) is 2.07. The zero-order chi connectivity index (χ0) is 13.7. The van der Waals surface area contributed by atoms with Gasteiger partial charge in [0.15, 0.2) is 0 Å². The van der Waals surface area contributed by atoms with Gasteiger partial charge in [-0.2, -0.15) is 13.2 Å². The number of nitrogens with zero attached hydrogens (tertiary/aromatic N) is 1. The zero-order valence-electron chi connectivity index (χ0n) is 9.62. The number of fused-ring (bicyclic) bond motifs is 1. The summed E-state index contributed by atoms with van der Waals surface area (Å²) >= 11 is 1.39. The van der Waals surface area contributed by atoms with Crippen LogP contribution in [0, 0.1) is 0 Å². The zero-order valence-corrected chi connectivity index (χ0v) is 10.4. The van der Waals surface area contributed by atoms with Crippen molar-refractivity contribution < 1.29 is 18.0 Å². The fourth-order valence-electron chi connectivity index (χ4n) is 1.86. The average Bonchev–Trinajstić information content (AvgIpc) is 2.99. The summed E-state index contributed by atoms with van der Waals surface area (Å²) in [6.45, 7) is 0. The molecule has 0 saturated heterocycles. The van der Waals surface area contributed by atoms with Gasteiger partial charge in [-0.25, -0.2) is 0 Å². The summed E-state index contributed by atoms with van der Waals surface area (Å²) in [4.78, 5) is 15.9. The van der Waals surface area contributed by atoms with Gasteiger partial charge in [0.05, 0.1) is 15.8 Å². The lowest BCUT2D eigenvalue weighted by molar-refractivity contribution is -0.163. The van der Waals surface area contributed by atoms with Gasteiger partial charge in [0, 0.05) is 6.20 Å². The summed E-state index contributed by atoms with van der Waals surface area (Å²) in [5.41, 5.74) is -1.14. The Morgan fingerprint density at radius 2 is 2.16 bits per heavy atom.